The molecule has 0 amide bonds. The number of H-pyrrole nitrogens is 1. The highest BCUT2D eigenvalue weighted by Gasteiger charge is 2.25. The second kappa shape index (κ2) is 10.7. The molecule has 2 atom stereocenters. The summed E-state index contributed by atoms with van der Waals surface area (Å²) in [6.45, 7) is 0. The molecule has 1 heterocycles. The Morgan fingerprint density at radius 2 is 1.95 bits per heavy atom. The third-order valence-electron chi connectivity index (χ3n) is 2.79. The van der Waals surface area contributed by atoms with Crippen LogP contribution in [0, 0.1) is 0 Å². The minimum absolute atomic E-state index is 0. The summed E-state index contributed by atoms with van der Waals surface area (Å²) in [4.78, 5) is 29.7. The molecule has 1 aromatic rings. The van der Waals surface area contributed by atoms with Crippen LogP contribution < -0.4 is 35.4 Å². The Kier molecular flexibility index (Phi) is 11.3. The van der Waals surface area contributed by atoms with Gasteiger partial charge in [0.15, 0.2) is 17.2 Å². The van der Waals surface area contributed by atoms with E-state index >= 15 is 0 Å². The second-order valence-electron chi connectivity index (χ2n) is 4.73. The topological polar surface area (TPSA) is 135 Å². The van der Waals surface area contributed by atoms with E-state index in [4.69, 9.17) is 10.2 Å². The number of hydrogen-bond acceptors (Lipinski definition) is 4. The smallest absolute Gasteiger partial charge is 0.363 e. The fraction of sp³-hybridized carbons (Fsp3) is 0.545. The van der Waals surface area contributed by atoms with Crippen LogP contribution in [0.15, 0.2) is 11.4 Å². The molecule has 0 fully saturated rings. The van der Waals surface area contributed by atoms with Crippen LogP contribution in [0.3, 0.4) is 0 Å². The molecular weight excluding hydrogens is 355 g/mol. The van der Waals surface area contributed by atoms with Gasteiger partial charge in [-0.05, 0) is 0 Å². The van der Waals surface area contributed by atoms with Crippen molar-refractivity contribution < 1.29 is 55.2 Å². The maximum absolute atomic E-state index is 11.1. The first-order valence-corrected chi connectivity index (χ1v) is 7.05. The zero-order chi connectivity index (χ0) is 15.3. The highest BCUT2D eigenvalue weighted by atomic mass is 35.5. The van der Waals surface area contributed by atoms with Gasteiger partial charge in [-0.25, -0.2) is 14.6 Å². The maximum Gasteiger partial charge on any atom is 0.363 e. The van der Waals surface area contributed by atoms with Crippen molar-refractivity contribution in [2.75, 3.05) is 19.8 Å². The predicted octanol–water partition coefficient (Wildman–Crippen LogP) is -8.65. The van der Waals surface area contributed by atoms with Crippen molar-refractivity contribution in [2.24, 2.45) is 0 Å². The first-order valence-electron chi connectivity index (χ1n) is 6.06. The molecular formula is C11H20Cl2N4O4S. The van der Waals surface area contributed by atoms with Crippen LogP contribution in [-0.2, 0) is 16.0 Å². The summed E-state index contributed by atoms with van der Waals surface area (Å²) in [5.74, 6) is -1.51. The summed E-state index contributed by atoms with van der Waals surface area (Å²) in [6, 6.07) is -1.25. The molecule has 128 valence electrons. The number of imidazole rings is 1. The summed E-state index contributed by atoms with van der Waals surface area (Å²) < 4.78 is 0. The van der Waals surface area contributed by atoms with Crippen LogP contribution in [0.1, 0.15) is 5.69 Å². The number of likely N-dealkylation sites (N-methyl/N-ethyl adjacent to an activating group) is 1. The van der Waals surface area contributed by atoms with Crippen molar-refractivity contribution in [2.45, 2.75) is 23.7 Å². The molecule has 22 heavy (non-hydrogen) atoms. The number of nitrogens with zero attached hydrogens (tertiary/aromatic N) is 1. The lowest BCUT2D eigenvalue weighted by Gasteiger charge is -2.15. The number of carboxylic acid groups (broad SMARTS) is 2. The van der Waals surface area contributed by atoms with E-state index in [2.05, 4.69) is 15.7 Å². The molecule has 7 N–H and O–H groups in total. The largest absolute Gasteiger partial charge is 1.00 e. The first kappa shape index (κ1) is 23.3. The number of nitrogens with one attached hydrogen (secondary N) is 2. The van der Waals surface area contributed by atoms with Crippen LogP contribution in [0.25, 0.3) is 0 Å². The third-order valence-corrected chi connectivity index (χ3v) is 3.84. The minimum atomic E-state index is -0.952. The van der Waals surface area contributed by atoms with Gasteiger partial charge in [-0.1, -0.05) is 11.8 Å². The molecule has 8 nitrogen and oxygen atoms in total. The molecule has 1 rings (SSSR count). The van der Waals surface area contributed by atoms with E-state index in [-0.39, 0.29) is 24.8 Å². The zero-order valence-electron chi connectivity index (χ0n) is 12.2. The number of quaternary nitrogens is 2. The van der Waals surface area contributed by atoms with Crippen molar-refractivity contribution in [1.82, 2.24) is 9.97 Å². The number of thioether (sulfide) groups is 1. The molecule has 0 spiro atoms. The van der Waals surface area contributed by atoms with E-state index in [0.717, 1.165) is 10.6 Å². The first-order chi connectivity index (χ1) is 9.31. The Bertz CT molecular complexity index is 486. The van der Waals surface area contributed by atoms with E-state index in [0.29, 0.717) is 17.3 Å². The van der Waals surface area contributed by atoms with Gasteiger partial charge in [0.2, 0.25) is 0 Å². The number of rotatable bonds is 8. The average molecular weight is 375 g/mol. The molecule has 1 aromatic heterocycles. The molecule has 1 unspecified atom stereocenters. The van der Waals surface area contributed by atoms with E-state index in [1.54, 1.807) is 20.3 Å². The number of carbonyl (C=O) groups is 2. The van der Waals surface area contributed by atoms with Gasteiger partial charge in [-0.15, -0.1) is 0 Å². The van der Waals surface area contributed by atoms with Gasteiger partial charge in [0.05, 0.1) is 26.3 Å². The van der Waals surface area contributed by atoms with E-state index < -0.39 is 24.0 Å². The normalized spacial score (nSPS) is 12.9. The van der Waals surface area contributed by atoms with Crippen molar-refractivity contribution in [1.29, 1.82) is 0 Å². The van der Waals surface area contributed by atoms with E-state index in [9.17, 15) is 9.59 Å². The zero-order valence-corrected chi connectivity index (χ0v) is 14.5. The molecule has 0 aliphatic rings. The van der Waals surface area contributed by atoms with E-state index in [1.165, 1.54) is 11.8 Å². The van der Waals surface area contributed by atoms with Gasteiger partial charge in [0.25, 0.3) is 0 Å². The Labute approximate surface area is 144 Å². The number of hydrogen-bond donors (Lipinski definition) is 5. The van der Waals surface area contributed by atoms with Gasteiger partial charge in [0.1, 0.15) is 0 Å². The second-order valence-corrected chi connectivity index (χ2v) is 5.74. The molecule has 0 radical (unpaired) electrons. The fourth-order valence-corrected chi connectivity index (χ4v) is 2.36. The molecule has 0 aliphatic heterocycles. The lowest BCUT2D eigenvalue weighted by atomic mass is 10.1. The third kappa shape index (κ3) is 7.32. The van der Waals surface area contributed by atoms with Gasteiger partial charge < -0.3 is 50.6 Å². The van der Waals surface area contributed by atoms with Crippen LogP contribution in [0.5, 0.6) is 0 Å². The minimum Gasteiger partial charge on any atom is -1.00 e. The Balaban J connectivity index is 0. The van der Waals surface area contributed by atoms with E-state index in [1.807, 2.05) is 0 Å². The number of halogens is 2. The highest BCUT2D eigenvalue weighted by molar-refractivity contribution is 7.99. The average Bonchev–Trinajstić information content (AvgIpc) is 2.79. The molecule has 11 heteroatoms. The monoisotopic (exact) mass is 374 g/mol. The Morgan fingerprint density at radius 3 is 2.41 bits per heavy atom. The van der Waals surface area contributed by atoms with Gasteiger partial charge in [0, 0.05) is 11.9 Å². The van der Waals surface area contributed by atoms with Crippen molar-refractivity contribution in [3.8, 4) is 0 Å². The lowest BCUT2D eigenvalue weighted by molar-refractivity contribution is -0.876. The molecule has 0 saturated heterocycles. The molecule has 0 saturated carbocycles. The van der Waals surface area contributed by atoms with Crippen LogP contribution >= 0.6 is 11.8 Å². The number of aromatic amines is 1. The van der Waals surface area contributed by atoms with Crippen molar-refractivity contribution in [3.05, 3.63) is 11.9 Å². The summed E-state index contributed by atoms with van der Waals surface area (Å²) in [5.41, 5.74) is 4.23. The number of aliphatic carboxylic acids is 2. The standard InChI is InChI=1S/C11H18N4O4S.2ClH/c1-15(2)8(10(18)19)3-6-4-13-11(14-6)20-5-7(12)9(16)17;;/h4,7-8H,3,5,12H2,1-2H3,(H,13,14)(H,16,17)(H,18,19);2*1H/t7?,8-;;/m0../s1. The molecule has 0 aliphatic carbocycles. The molecule has 0 bridgehead atoms. The van der Waals surface area contributed by atoms with Gasteiger partial charge in [-0.2, -0.15) is 0 Å². The van der Waals surface area contributed by atoms with Crippen LogP contribution in [0.2, 0.25) is 0 Å². The van der Waals surface area contributed by atoms with Crippen LogP contribution in [-0.4, -0.2) is 64.1 Å². The summed E-state index contributed by atoms with van der Waals surface area (Å²) in [7, 11) is 3.57. The SMILES string of the molecule is C[NH+](C)[C@@H](Cc1cnc(SCC([NH3+])C(=O)O)[nH]1)C(=O)O.[Cl-].[Cl-]. The van der Waals surface area contributed by atoms with Crippen LogP contribution in [0.4, 0.5) is 0 Å². The summed E-state index contributed by atoms with van der Waals surface area (Å²) >= 11 is 1.26. The number of carboxylic acids is 2. The fourth-order valence-electron chi connectivity index (χ4n) is 1.52. The van der Waals surface area contributed by atoms with Crippen molar-refractivity contribution >= 4 is 23.7 Å². The predicted molar refractivity (Wildman–Crippen MR) is 71.6 cm³/mol. The lowest BCUT2D eigenvalue weighted by Crippen LogP contribution is -3.11. The van der Waals surface area contributed by atoms with Gasteiger partial charge >= 0.3 is 11.9 Å². The number of aromatic nitrogens is 2. The quantitative estimate of drug-likeness (QED) is 0.287. The molecule has 0 aromatic carbocycles. The Hall–Kier alpha value is -1.00. The van der Waals surface area contributed by atoms with Gasteiger partial charge in [-0.3, -0.25) is 0 Å². The highest BCUT2D eigenvalue weighted by Crippen LogP contribution is 2.14. The van der Waals surface area contributed by atoms with Crippen molar-refractivity contribution in [3.63, 3.8) is 0 Å². The summed E-state index contributed by atoms with van der Waals surface area (Å²) in [6.07, 6.45) is 1.93. The Morgan fingerprint density at radius 1 is 1.36 bits per heavy atom. The summed E-state index contributed by atoms with van der Waals surface area (Å²) in [5, 5.41) is 18.4. The maximum atomic E-state index is 11.1.